The summed E-state index contributed by atoms with van der Waals surface area (Å²) in [6.45, 7) is 5.08. The van der Waals surface area contributed by atoms with E-state index >= 15 is 0 Å². The number of hydrogen-bond acceptors (Lipinski definition) is 4. The highest BCUT2D eigenvalue weighted by atomic mass is 16.6. The second kappa shape index (κ2) is 6.28. The zero-order chi connectivity index (χ0) is 17.2. The van der Waals surface area contributed by atoms with Crippen LogP contribution in [0.25, 0.3) is 10.9 Å². The Balaban J connectivity index is 0.000000149. The van der Waals surface area contributed by atoms with Crippen molar-refractivity contribution in [1.29, 1.82) is 0 Å². The number of pyridine rings is 1. The quantitative estimate of drug-likeness (QED) is 0.528. The van der Waals surface area contributed by atoms with Crippen molar-refractivity contribution in [3.8, 4) is 0 Å². The van der Waals surface area contributed by atoms with Crippen LogP contribution in [0.1, 0.15) is 19.4 Å². The minimum atomic E-state index is -0.368. The van der Waals surface area contributed by atoms with Gasteiger partial charge in [-0.15, -0.1) is 0 Å². The van der Waals surface area contributed by atoms with Gasteiger partial charge in [0.05, 0.1) is 10.4 Å². The van der Waals surface area contributed by atoms with Gasteiger partial charge in [-0.05, 0) is 23.8 Å². The predicted molar refractivity (Wildman–Crippen MR) is 96.4 cm³/mol. The van der Waals surface area contributed by atoms with Crippen LogP contribution in [-0.2, 0) is 5.41 Å². The topological polar surface area (TPSA) is 68.1 Å². The Morgan fingerprint density at radius 2 is 1.88 bits per heavy atom. The summed E-state index contributed by atoms with van der Waals surface area (Å²) in [6, 6.07) is 17.1. The number of nitrogens with zero attached hydrogens (tertiary/aromatic N) is 2. The van der Waals surface area contributed by atoms with Crippen LogP contribution in [0, 0.1) is 10.1 Å². The Bertz CT molecular complexity index is 825. The summed E-state index contributed by atoms with van der Waals surface area (Å²) in [4.78, 5) is 14.4. The molecule has 0 bridgehead atoms. The highest BCUT2D eigenvalue weighted by molar-refractivity contribution is 5.77. The molecule has 0 saturated heterocycles. The van der Waals surface area contributed by atoms with Gasteiger partial charge in [0, 0.05) is 41.4 Å². The van der Waals surface area contributed by atoms with E-state index < -0.39 is 0 Å². The van der Waals surface area contributed by atoms with Crippen molar-refractivity contribution >= 4 is 22.3 Å². The fourth-order valence-corrected chi connectivity index (χ4v) is 2.81. The Morgan fingerprint density at radius 1 is 1.12 bits per heavy atom. The molecular formula is C19H19N3O2. The van der Waals surface area contributed by atoms with Crippen molar-refractivity contribution in [3.05, 3.63) is 76.5 Å². The first-order valence-corrected chi connectivity index (χ1v) is 7.80. The van der Waals surface area contributed by atoms with Gasteiger partial charge in [0.1, 0.15) is 0 Å². The number of fused-ring (bicyclic) bond motifs is 2. The van der Waals surface area contributed by atoms with Gasteiger partial charge >= 0.3 is 0 Å². The lowest BCUT2D eigenvalue weighted by Crippen LogP contribution is -2.18. The molecule has 1 aliphatic rings. The number of nitrogens with one attached hydrogen (secondary N) is 1. The van der Waals surface area contributed by atoms with Crippen LogP contribution in [0.4, 0.5) is 11.4 Å². The monoisotopic (exact) mass is 321 g/mol. The smallest absolute Gasteiger partial charge is 0.271 e. The zero-order valence-corrected chi connectivity index (χ0v) is 13.7. The fraction of sp³-hybridized carbons (Fsp3) is 0.211. The van der Waals surface area contributed by atoms with Crippen molar-refractivity contribution in [1.82, 2.24) is 4.98 Å². The first-order valence-electron chi connectivity index (χ1n) is 7.80. The highest BCUT2D eigenvalue weighted by Gasteiger charge is 2.30. The van der Waals surface area contributed by atoms with E-state index in [0.29, 0.717) is 0 Å². The molecule has 24 heavy (non-hydrogen) atoms. The number of nitro groups is 1. The Labute approximate surface area is 140 Å². The number of aromatic nitrogens is 1. The number of nitro benzene ring substituents is 1. The summed E-state index contributed by atoms with van der Waals surface area (Å²) in [5.74, 6) is 0. The summed E-state index contributed by atoms with van der Waals surface area (Å²) in [6.07, 6.45) is 1.81. The van der Waals surface area contributed by atoms with Crippen LogP contribution in [0.5, 0.6) is 0 Å². The largest absolute Gasteiger partial charge is 0.384 e. The molecule has 1 aliphatic heterocycles. The first-order chi connectivity index (χ1) is 11.5. The number of para-hydroxylation sites is 1. The van der Waals surface area contributed by atoms with E-state index in [1.54, 1.807) is 12.1 Å². The van der Waals surface area contributed by atoms with E-state index in [2.05, 4.69) is 36.3 Å². The number of non-ortho nitro benzene ring substituents is 1. The Hall–Kier alpha value is -2.95. The predicted octanol–water partition coefficient (Wildman–Crippen LogP) is 4.53. The molecule has 122 valence electrons. The van der Waals surface area contributed by atoms with Crippen molar-refractivity contribution in [3.63, 3.8) is 0 Å². The molecule has 2 aromatic carbocycles. The molecule has 0 saturated carbocycles. The van der Waals surface area contributed by atoms with Crippen LogP contribution in [-0.4, -0.2) is 16.5 Å². The average Bonchev–Trinajstić information content (AvgIpc) is 2.90. The third kappa shape index (κ3) is 3.20. The van der Waals surface area contributed by atoms with Crippen LogP contribution < -0.4 is 5.32 Å². The molecule has 4 rings (SSSR count). The van der Waals surface area contributed by atoms with Crippen molar-refractivity contribution in [2.24, 2.45) is 0 Å². The molecule has 0 aliphatic carbocycles. The minimum absolute atomic E-state index is 0.0739. The molecule has 2 heterocycles. The van der Waals surface area contributed by atoms with Gasteiger partial charge in [0.15, 0.2) is 0 Å². The van der Waals surface area contributed by atoms with Crippen molar-refractivity contribution in [2.45, 2.75) is 19.3 Å². The second-order valence-electron chi connectivity index (χ2n) is 6.42. The van der Waals surface area contributed by atoms with Gasteiger partial charge in [-0.1, -0.05) is 38.1 Å². The standard InChI is InChI=1S/C10H12N2O2.C9H7N/c1-10(2)6-11-9-5-7(12(13)14)3-4-8(9)10;1-2-6-9-8(4-1)5-3-7-10-9/h3-5,11H,6H2,1-2H3;1-7H. The molecule has 0 spiro atoms. The third-order valence-corrected chi connectivity index (χ3v) is 4.18. The Morgan fingerprint density at radius 3 is 2.62 bits per heavy atom. The van der Waals surface area contributed by atoms with Gasteiger partial charge in [-0.25, -0.2) is 0 Å². The van der Waals surface area contributed by atoms with Crippen LogP contribution >= 0.6 is 0 Å². The number of hydrogen-bond donors (Lipinski definition) is 1. The van der Waals surface area contributed by atoms with E-state index in [1.165, 1.54) is 5.39 Å². The van der Waals surface area contributed by atoms with Gasteiger partial charge < -0.3 is 5.32 Å². The van der Waals surface area contributed by atoms with E-state index in [-0.39, 0.29) is 16.0 Å². The number of rotatable bonds is 1. The molecule has 5 heteroatoms. The lowest BCUT2D eigenvalue weighted by atomic mass is 9.87. The molecule has 0 atom stereocenters. The van der Waals surface area contributed by atoms with Gasteiger partial charge in [0.25, 0.3) is 5.69 Å². The maximum atomic E-state index is 10.5. The maximum Gasteiger partial charge on any atom is 0.271 e. The summed E-state index contributed by atoms with van der Waals surface area (Å²) < 4.78 is 0. The molecule has 5 nitrogen and oxygen atoms in total. The summed E-state index contributed by atoms with van der Waals surface area (Å²) in [5.41, 5.74) is 3.33. The molecule has 3 aromatic rings. The third-order valence-electron chi connectivity index (χ3n) is 4.18. The minimum Gasteiger partial charge on any atom is -0.384 e. The lowest BCUT2D eigenvalue weighted by molar-refractivity contribution is -0.384. The average molecular weight is 321 g/mol. The first kappa shape index (κ1) is 15.9. The number of benzene rings is 2. The zero-order valence-electron chi connectivity index (χ0n) is 13.7. The molecular weight excluding hydrogens is 302 g/mol. The molecule has 0 unspecified atom stereocenters. The van der Waals surface area contributed by atoms with Gasteiger partial charge in [0.2, 0.25) is 0 Å². The summed E-state index contributed by atoms with van der Waals surface area (Å²) >= 11 is 0. The van der Waals surface area contributed by atoms with Crippen LogP contribution in [0.2, 0.25) is 0 Å². The molecule has 1 N–H and O–H groups in total. The van der Waals surface area contributed by atoms with E-state index in [4.69, 9.17) is 0 Å². The van der Waals surface area contributed by atoms with E-state index in [9.17, 15) is 10.1 Å². The maximum absolute atomic E-state index is 10.5. The number of anilines is 1. The Kier molecular flexibility index (Phi) is 4.16. The highest BCUT2D eigenvalue weighted by Crippen LogP contribution is 2.37. The molecule has 0 amide bonds. The summed E-state index contributed by atoms with van der Waals surface area (Å²) in [7, 11) is 0. The lowest BCUT2D eigenvalue weighted by Gasteiger charge is -2.16. The molecule has 0 radical (unpaired) electrons. The van der Waals surface area contributed by atoms with Gasteiger partial charge in [-0.3, -0.25) is 15.1 Å². The van der Waals surface area contributed by atoms with E-state index in [1.807, 2.05) is 36.5 Å². The van der Waals surface area contributed by atoms with Crippen LogP contribution in [0.3, 0.4) is 0 Å². The second-order valence-corrected chi connectivity index (χ2v) is 6.42. The van der Waals surface area contributed by atoms with E-state index in [0.717, 1.165) is 23.3 Å². The van der Waals surface area contributed by atoms with Gasteiger partial charge in [-0.2, -0.15) is 0 Å². The summed E-state index contributed by atoms with van der Waals surface area (Å²) in [5, 5.41) is 14.9. The molecule has 1 aromatic heterocycles. The normalized spacial score (nSPS) is 14.2. The van der Waals surface area contributed by atoms with Crippen molar-refractivity contribution < 1.29 is 4.92 Å². The molecule has 0 fully saturated rings. The van der Waals surface area contributed by atoms with Crippen LogP contribution in [0.15, 0.2) is 60.8 Å². The van der Waals surface area contributed by atoms with Crippen molar-refractivity contribution in [2.75, 3.05) is 11.9 Å². The SMILES string of the molecule is CC1(C)CNc2cc([N+](=O)[O-])ccc21.c1ccc2ncccc2c1. The fourth-order valence-electron chi connectivity index (χ4n) is 2.81.